The standard InChI is InChI=1S/C16H24N2O/c17-15-10-12(11-18-8-4-1-5-9-18)16(19)14-7-3-2-6-13(14)15/h10,19H,1-9,11,17H2. The lowest BCUT2D eigenvalue weighted by Crippen LogP contribution is -2.29. The van der Waals surface area contributed by atoms with Crippen molar-refractivity contribution in [3.8, 4) is 5.75 Å². The number of benzene rings is 1. The van der Waals surface area contributed by atoms with Gasteiger partial charge in [0.15, 0.2) is 0 Å². The number of rotatable bonds is 2. The minimum Gasteiger partial charge on any atom is -0.507 e. The highest BCUT2D eigenvalue weighted by Gasteiger charge is 2.20. The van der Waals surface area contributed by atoms with Crippen molar-refractivity contribution in [3.05, 3.63) is 22.8 Å². The summed E-state index contributed by atoms with van der Waals surface area (Å²) in [6, 6.07) is 2.01. The molecule has 0 radical (unpaired) electrons. The molecule has 1 aromatic rings. The summed E-state index contributed by atoms with van der Waals surface area (Å²) in [5, 5.41) is 10.5. The number of aromatic hydroxyl groups is 1. The second-order valence-corrected chi connectivity index (χ2v) is 5.97. The fourth-order valence-electron chi connectivity index (χ4n) is 3.50. The number of phenolic OH excluding ortho intramolecular Hbond substituents is 1. The maximum absolute atomic E-state index is 10.5. The molecule has 1 aliphatic carbocycles. The van der Waals surface area contributed by atoms with E-state index >= 15 is 0 Å². The molecule has 1 heterocycles. The first-order valence-electron chi connectivity index (χ1n) is 7.60. The van der Waals surface area contributed by atoms with Crippen LogP contribution in [0.4, 0.5) is 5.69 Å². The van der Waals surface area contributed by atoms with Crippen LogP contribution in [0.1, 0.15) is 48.8 Å². The van der Waals surface area contributed by atoms with E-state index in [1.165, 1.54) is 37.7 Å². The molecule has 1 saturated heterocycles. The quantitative estimate of drug-likeness (QED) is 0.635. The molecule has 0 bridgehead atoms. The van der Waals surface area contributed by atoms with Gasteiger partial charge in [0, 0.05) is 17.8 Å². The molecule has 0 spiro atoms. The third-order valence-electron chi connectivity index (χ3n) is 4.58. The summed E-state index contributed by atoms with van der Waals surface area (Å²) in [5.74, 6) is 0.523. The van der Waals surface area contributed by atoms with Crippen molar-refractivity contribution in [1.29, 1.82) is 0 Å². The van der Waals surface area contributed by atoms with E-state index < -0.39 is 0 Å². The van der Waals surface area contributed by atoms with E-state index in [1.54, 1.807) is 0 Å². The van der Waals surface area contributed by atoms with Crippen LogP contribution < -0.4 is 5.73 Å². The average Bonchev–Trinajstić information content (AvgIpc) is 2.46. The molecule has 1 aliphatic heterocycles. The number of fused-ring (bicyclic) bond motifs is 1. The molecule has 0 atom stereocenters. The zero-order valence-electron chi connectivity index (χ0n) is 11.6. The van der Waals surface area contributed by atoms with E-state index in [0.717, 1.165) is 49.3 Å². The maximum Gasteiger partial charge on any atom is 0.123 e. The Morgan fingerprint density at radius 1 is 1.00 bits per heavy atom. The Balaban J connectivity index is 1.86. The van der Waals surface area contributed by atoms with Crippen molar-refractivity contribution in [2.45, 2.75) is 51.5 Å². The fraction of sp³-hybridized carbons (Fsp3) is 0.625. The van der Waals surface area contributed by atoms with Crippen molar-refractivity contribution >= 4 is 5.69 Å². The van der Waals surface area contributed by atoms with Gasteiger partial charge in [-0.05, 0) is 68.8 Å². The predicted octanol–water partition coefficient (Wildman–Crippen LogP) is 2.84. The van der Waals surface area contributed by atoms with Gasteiger partial charge in [-0.25, -0.2) is 0 Å². The zero-order valence-corrected chi connectivity index (χ0v) is 11.6. The normalized spacial score (nSPS) is 20.2. The topological polar surface area (TPSA) is 49.5 Å². The molecule has 104 valence electrons. The first kappa shape index (κ1) is 12.8. The minimum absolute atomic E-state index is 0.523. The van der Waals surface area contributed by atoms with Gasteiger partial charge >= 0.3 is 0 Å². The van der Waals surface area contributed by atoms with Crippen LogP contribution in [0, 0.1) is 0 Å². The largest absolute Gasteiger partial charge is 0.507 e. The van der Waals surface area contributed by atoms with E-state index in [-0.39, 0.29) is 0 Å². The van der Waals surface area contributed by atoms with Crippen molar-refractivity contribution in [3.63, 3.8) is 0 Å². The summed E-state index contributed by atoms with van der Waals surface area (Å²) in [6.07, 6.45) is 8.28. The third-order valence-corrected chi connectivity index (χ3v) is 4.58. The predicted molar refractivity (Wildman–Crippen MR) is 78.3 cm³/mol. The summed E-state index contributed by atoms with van der Waals surface area (Å²) in [7, 11) is 0. The van der Waals surface area contributed by atoms with Crippen molar-refractivity contribution < 1.29 is 5.11 Å². The summed E-state index contributed by atoms with van der Waals surface area (Å²) in [5.41, 5.74) is 10.4. The highest BCUT2D eigenvalue weighted by Crippen LogP contribution is 2.36. The molecule has 3 N–H and O–H groups in total. The minimum atomic E-state index is 0.523. The Labute approximate surface area is 115 Å². The van der Waals surface area contributed by atoms with Gasteiger partial charge in [-0.3, -0.25) is 4.90 Å². The Hall–Kier alpha value is -1.22. The Morgan fingerprint density at radius 3 is 2.42 bits per heavy atom. The first-order valence-corrected chi connectivity index (χ1v) is 7.60. The van der Waals surface area contributed by atoms with Crippen LogP contribution >= 0.6 is 0 Å². The molecule has 19 heavy (non-hydrogen) atoms. The number of anilines is 1. The molecular weight excluding hydrogens is 236 g/mol. The summed E-state index contributed by atoms with van der Waals surface area (Å²) >= 11 is 0. The molecule has 3 heteroatoms. The van der Waals surface area contributed by atoms with Gasteiger partial charge in [-0.1, -0.05) is 6.42 Å². The van der Waals surface area contributed by atoms with E-state index in [0.29, 0.717) is 5.75 Å². The highest BCUT2D eigenvalue weighted by atomic mass is 16.3. The fourth-order valence-corrected chi connectivity index (χ4v) is 3.50. The Bertz CT molecular complexity index is 464. The first-order chi connectivity index (χ1) is 9.25. The SMILES string of the molecule is Nc1cc(CN2CCCCC2)c(O)c2c1CCCC2. The number of piperidine rings is 1. The zero-order chi connectivity index (χ0) is 13.2. The summed E-state index contributed by atoms with van der Waals surface area (Å²) in [6.45, 7) is 3.15. The van der Waals surface area contributed by atoms with Gasteiger partial charge in [0.05, 0.1) is 0 Å². The smallest absolute Gasteiger partial charge is 0.123 e. The van der Waals surface area contributed by atoms with Gasteiger partial charge in [-0.2, -0.15) is 0 Å². The molecule has 0 unspecified atom stereocenters. The lowest BCUT2D eigenvalue weighted by molar-refractivity contribution is 0.218. The van der Waals surface area contributed by atoms with Crippen LogP contribution in [0.3, 0.4) is 0 Å². The molecule has 3 nitrogen and oxygen atoms in total. The Morgan fingerprint density at radius 2 is 1.68 bits per heavy atom. The Kier molecular flexibility index (Phi) is 3.65. The highest BCUT2D eigenvalue weighted by molar-refractivity contribution is 5.60. The molecule has 2 aliphatic rings. The van der Waals surface area contributed by atoms with Crippen LogP contribution in [0.25, 0.3) is 0 Å². The average molecular weight is 260 g/mol. The molecule has 3 rings (SSSR count). The second kappa shape index (κ2) is 5.41. The van der Waals surface area contributed by atoms with Gasteiger partial charge in [0.1, 0.15) is 5.75 Å². The second-order valence-electron chi connectivity index (χ2n) is 5.97. The van der Waals surface area contributed by atoms with Crippen LogP contribution in [0.5, 0.6) is 5.75 Å². The lowest BCUT2D eigenvalue weighted by Gasteiger charge is -2.28. The lowest BCUT2D eigenvalue weighted by atomic mass is 9.88. The van der Waals surface area contributed by atoms with Gasteiger partial charge in [0.25, 0.3) is 0 Å². The van der Waals surface area contributed by atoms with E-state index in [4.69, 9.17) is 5.73 Å². The van der Waals surface area contributed by atoms with Crippen LogP contribution in [-0.4, -0.2) is 23.1 Å². The van der Waals surface area contributed by atoms with E-state index in [1.807, 2.05) is 6.07 Å². The third kappa shape index (κ3) is 2.57. The number of likely N-dealkylation sites (tertiary alicyclic amines) is 1. The number of phenols is 1. The summed E-state index contributed by atoms with van der Waals surface area (Å²) in [4.78, 5) is 2.44. The monoisotopic (exact) mass is 260 g/mol. The molecule has 1 aromatic carbocycles. The molecule has 0 aromatic heterocycles. The van der Waals surface area contributed by atoms with Crippen molar-refractivity contribution in [1.82, 2.24) is 4.90 Å². The van der Waals surface area contributed by atoms with Crippen molar-refractivity contribution in [2.24, 2.45) is 0 Å². The van der Waals surface area contributed by atoms with Crippen LogP contribution in [-0.2, 0) is 19.4 Å². The van der Waals surface area contributed by atoms with Gasteiger partial charge in [0.2, 0.25) is 0 Å². The molecule has 0 saturated carbocycles. The van der Waals surface area contributed by atoms with E-state index in [9.17, 15) is 5.11 Å². The maximum atomic E-state index is 10.5. The number of nitrogen functional groups attached to an aromatic ring is 1. The van der Waals surface area contributed by atoms with E-state index in [2.05, 4.69) is 4.90 Å². The summed E-state index contributed by atoms with van der Waals surface area (Å²) < 4.78 is 0. The van der Waals surface area contributed by atoms with Gasteiger partial charge in [-0.15, -0.1) is 0 Å². The number of hydrogen-bond donors (Lipinski definition) is 2. The number of hydrogen-bond acceptors (Lipinski definition) is 3. The van der Waals surface area contributed by atoms with Gasteiger partial charge < -0.3 is 10.8 Å². The molecular formula is C16H24N2O. The molecule has 1 fully saturated rings. The number of nitrogens with zero attached hydrogens (tertiary/aromatic N) is 1. The van der Waals surface area contributed by atoms with Crippen molar-refractivity contribution in [2.75, 3.05) is 18.8 Å². The van der Waals surface area contributed by atoms with Crippen LogP contribution in [0.2, 0.25) is 0 Å². The van der Waals surface area contributed by atoms with Crippen LogP contribution in [0.15, 0.2) is 6.07 Å². The molecule has 0 amide bonds. The number of nitrogens with two attached hydrogens (primary N) is 1.